The van der Waals surface area contributed by atoms with Gasteiger partial charge in [-0.1, -0.05) is 12.2 Å². The summed E-state index contributed by atoms with van der Waals surface area (Å²) in [6, 6.07) is 0. The van der Waals surface area contributed by atoms with Gasteiger partial charge in [0.25, 0.3) is 0 Å². The van der Waals surface area contributed by atoms with Gasteiger partial charge in [-0.2, -0.15) is 0 Å². The van der Waals surface area contributed by atoms with Gasteiger partial charge in [0.15, 0.2) is 6.29 Å². The summed E-state index contributed by atoms with van der Waals surface area (Å²) < 4.78 is 0. The minimum absolute atomic E-state index is 0.0121. The molecule has 0 heterocycles. The van der Waals surface area contributed by atoms with E-state index in [1.807, 2.05) is 6.92 Å². The van der Waals surface area contributed by atoms with Gasteiger partial charge in [-0.3, -0.25) is 4.79 Å². The lowest BCUT2D eigenvalue weighted by atomic mass is 10.2. The Hall–Kier alpha value is -1.31. The number of hydrogen-bond donors (Lipinski definition) is 1. The topological polar surface area (TPSA) is 37.3 Å². The minimum atomic E-state index is 0.0121. The largest absolute Gasteiger partial charge is 0.508 e. The number of allylic oxidation sites excluding steroid dienone is 5. The molecule has 0 rings (SSSR count). The number of rotatable bonds is 3. The summed E-state index contributed by atoms with van der Waals surface area (Å²) in [5, 5.41) is 9.07. The van der Waals surface area contributed by atoms with Crippen molar-refractivity contribution in [3.8, 4) is 0 Å². The van der Waals surface area contributed by atoms with Crippen LogP contribution in [0.15, 0.2) is 35.6 Å². The molecule has 0 spiro atoms. The average Bonchev–Trinajstić information content (AvgIpc) is 2.05. The van der Waals surface area contributed by atoms with Crippen molar-refractivity contribution in [3.63, 3.8) is 0 Å². The highest BCUT2D eigenvalue weighted by Crippen LogP contribution is 2.02. The van der Waals surface area contributed by atoms with Crippen LogP contribution in [0.2, 0.25) is 0 Å². The maximum atomic E-state index is 10.3. The molecule has 0 unspecified atom stereocenters. The van der Waals surface area contributed by atoms with Crippen LogP contribution in [0.1, 0.15) is 13.8 Å². The Kier molecular flexibility index (Phi) is 4.82. The lowest BCUT2D eigenvalue weighted by molar-refractivity contribution is -0.104. The van der Waals surface area contributed by atoms with E-state index in [1.54, 1.807) is 25.2 Å². The molecule has 0 aliphatic rings. The SMILES string of the molecule is C\C=C/C=C(C=O)\C(O)=C/C. The van der Waals surface area contributed by atoms with Gasteiger partial charge in [-0.05, 0) is 26.0 Å². The summed E-state index contributed by atoms with van der Waals surface area (Å²) in [5.74, 6) is 0.0121. The van der Waals surface area contributed by atoms with E-state index in [4.69, 9.17) is 5.11 Å². The van der Waals surface area contributed by atoms with Crippen LogP contribution in [0.3, 0.4) is 0 Å². The number of hydrogen-bond acceptors (Lipinski definition) is 2. The predicted molar refractivity (Wildman–Crippen MR) is 45.3 cm³/mol. The molecular formula is C9H12O2. The zero-order chi connectivity index (χ0) is 8.69. The molecule has 0 aliphatic carbocycles. The highest BCUT2D eigenvalue weighted by atomic mass is 16.3. The zero-order valence-electron chi connectivity index (χ0n) is 6.74. The van der Waals surface area contributed by atoms with Gasteiger partial charge in [0.05, 0.1) is 5.57 Å². The first kappa shape index (κ1) is 9.69. The molecule has 0 aromatic rings. The first-order valence-corrected chi connectivity index (χ1v) is 3.40. The van der Waals surface area contributed by atoms with E-state index in [1.165, 1.54) is 6.08 Å². The van der Waals surface area contributed by atoms with E-state index in [-0.39, 0.29) is 5.76 Å². The molecule has 2 heteroatoms. The molecule has 0 aromatic heterocycles. The van der Waals surface area contributed by atoms with E-state index < -0.39 is 0 Å². The van der Waals surface area contributed by atoms with Gasteiger partial charge < -0.3 is 5.11 Å². The van der Waals surface area contributed by atoms with Gasteiger partial charge in [-0.25, -0.2) is 0 Å². The third-order valence-corrected chi connectivity index (χ3v) is 1.16. The van der Waals surface area contributed by atoms with Crippen LogP contribution in [0.25, 0.3) is 0 Å². The maximum Gasteiger partial charge on any atom is 0.153 e. The first-order valence-electron chi connectivity index (χ1n) is 3.40. The number of aliphatic hydroxyl groups is 1. The fourth-order valence-corrected chi connectivity index (χ4v) is 0.552. The van der Waals surface area contributed by atoms with Crippen LogP contribution >= 0.6 is 0 Å². The summed E-state index contributed by atoms with van der Waals surface area (Å²) in [4.78, 5) is 10.3. The molecule has 1 N–H and O–H groups in total. The van der Waals surface area contributed by atoms with E-state index in [9.17, 15) is 4.79 Å². The third kappa shape index (κ3) is 3.40. The molecule has 0 bridgehead atoms. The van der Waals surface area contributed by atoms with Crippen molar-refractivity contribution in [2.75, 3.05) is 0 Å². The first-order chi connectivity index (χ1) is 5.26. The zero-order valence-corrected chi connectivity index (χ0v) is 6.74. The fraction of sp³-hybridized carbons (Fsp3) is 0.222. The fourth-order valence-electron chi connectivity index (χ4n) is 0.552. The summed E-state index contributed by atoms with van der Waals surface area (Å²) in [6.07, 6.45) is 7.14. The Balaban J connectivity index is 4.52. The molecule has 0 saturated carbocycles. The Bertz CT molecular complexity index is 210. The molecule has 0 aromatic carbocycles. The highest BCUT2D eigenvalue weighted by Gasteiger charge is 1.96. The number of carbonyl (C=O) groups is 1. The molecule has 11 heavy (non-hydrogen) atoms. The molecular weight excluding hydrogens is 140 g/mol. The van der Waals surface area contributed by atoms with Crippen LogP contribution < -0.4 is 0 Å². The highest BCUT2D eigenvalue weighted by molar-refractivity contribution is 5.79. The summed E-state index contributed by atoms with van der Waals surface area (Å²) in [6.45, 7) is 3.51. The molecule has 0 atom stereocenters. The summed E-state index contributed by atoms with van der Waals surface area (Å²) >= 11 is 0. The Labute approximate surface area is 66.5 Å². The molecule has 0 saturated heterocycles. The Morgan fingerprint density at radius 3 is 2.36 bits per heavy atom. The second-order valence-corrected chi connectivity index (χ2v) is 1.94. The van der Waals surface area contributed by atoms with E-state index in [0.29, 0.717) is 11.9 Å². The Morgan fingerprint density at radius 1 is 1.36 bits per heavy atom. The molecule has 60 valence electrons. The van der Waals surface area contributed by atoms with Crippen LogP contribution in [0.5, 0.6) is 0 Å². The molecule has 0 radical (unpaired) electrons. The second kappa shape index (κ2) is 5.47. The van der Waals surface area contributed by atoms with Crippen molar-refractivity contribution >= 4 is 6.29 Å². The standard InChI is InChI=1S/C9H12O2/c1-3-5-6-8(7-10)9(11)4-2/h3-7,11H,1-2H3/b5-3-,8-6-,9-4+. The van der Waals surface area contributed by atoms with Crippen molar-refractivity contribution in [1.29, 1.82) is 0 Å². The molecule has 0 aliphatic heterocycles. The molecule has 0 fully saturated rings. The molecule has 0 amide bonds. The number of aliphatic hydroxyl groups excluding tert-OH is 1. The van der Waals surface area contributed by atoms with Gasteiger partial charge in [0, 0.05) is 0 Å². The van der Waals surface area contributed by atoms with Crippen LogP contribution in [-0.2, 0) is 4.79 Å². The number of aldehydes is 1. The minimum Gasteiger partial charge on any atom is -0.508 e. The van der Waals surface area contributed by atoms with Crippen LogP contribution in [-0.4, -0.2) is 11.4 Å². The van der Waals surface area contributed by atoms with E-state index in [0.717, 1.165) is 0 Å². The van der Waals surface area contributed by atoms with Gasteiger partial charge in [0.1, 0.15) is 5.76 Å². The average molecular weight is 152 g/mol. The van der Waals surface area contributed by atoms with Crippen molar-refractivity contribution in [1.82, 2.24) is 0 Å². The van der Waals surface area contributed by atoms with E-state index >= 15 is 0 Å². The van der Waals surface area contributed by atoms with Gasteiger partial charge >= 0.3 is 0 Å². The second-order valence-electron chi connectivity index (χ2n) is 1.94. The monoisotopic (exact) mass is 152 g/mol. The van der Waals surface area contributed by atoms with Crippen molar-refractivity contribution < 1.29 is 9.90 Å². The Morgan fingerprint density at radius 2 is 2.00 bits per heavy atom. The van der Waals surface area contributed by atoms with Gasteiger partial charge in [-0.15, -0.1) is 0 Å². The molecule has 2 nitrogen and oxygen atoms in total. The number of carbonyl (C=O) groups excluding carboxylic acids is 1. The lowest BCUT2D eigenvalue weighted by Crippen LogP contribution is -1.88. The van der Waals surface area contributed by atoms with E-state index in [2.05, 4.69) is 0 Å². The van der Waals surface area contributed by atoms with Crippen LogP contribution in [0.4, 0.5) is 0 Å². The van der Waals surface area contributed by atoms with Crippen molar-refractivity contribution in [3.05, 3.63) is 35.6 Å². The predicted octanol–water partition coefficient (Wildman–Crippen LogP) is 2.15. The third-order valence-electron chi connectivity index (χ3n) is 1.16. The van der Waals surface area contributed by atoms with Crippen molar-refractivity contribution in [2.45, 2.75) is 13.8 Å². The quantitative estimate of drug-likeness (QED) is 0.291. The summed E-state index contributed by atoms with van der Waals surface area (Å²) in [5.41, 5.74) is 0.297. The normalized spacial score (nSPS) is 14.0. The summed E-state index contributed by atoms with van der Waals surface area (Å²) in [7, 11) is 0. The van der Waals surface area contributed by atoms with Crippen LogP contribution in [0, 0.1) is 0 Å². The van der Waals surface area contributed by atoms with Gasteiger partial charge in [0.2, 0.25) is 0 Å². The lowest BCUT2D eigenvalue weighted by Gasteiger charge is -1.93. The van der Waals surface area contributed by atoms with Crippen molar-refractivity contribution in [2.24, 2.45) is 0 Å². The smallest absolute Gasteiger partial charge is 0.153 e. The maximum absolute atomic E-state index is 10.3.